The number of hydrogen-bond acceptors (Lipinski definition) is 7. The van der Waals surface area contributed by atoms with Crippen LogP contribution in [0, 0.1) is 5.41 Å². The Labute approximate surface area is 221 Å². The first-order chi connectivity index (χ1) is 17.7. The van der Waals surface area contributed by atoms with Gasteiger partial charge in [-0.25, -0.2) is 4.98 Å². The van der Waals surface area contributed by atoms with Gasteiger partial charge in [-0.05, 0) is 56.3 Å². The van der Waals surface area contributed by atoms with E-state index in [1.165, 1.54) is 11.7 Å². The Morgan fingerprint density at radius 1 is 1.00 bits per heavy atom. The van der Waals surface area contributed by atoms with Gasteiger partial charge >= 0.3 is 12.1 Å². The number of benzene rings is 1. The number of esters is 1. The fourth-order valence-electron chi connectivity index (χ4n) is 3.32. The molecule has 0 aliphatic heterocycles. The number of imidazole rings is 1. The molecule has 3 aromatic rings. The fraction of sp³-hybridized carbons (Fsp3) is 0.462. The number of carbonyl (C=O) groups excluding carboxylic acids is 1. The average molecular weight is 551 g/mol. The number of halogens is 3. The van der Waals surface area contributed by atoms with E-state index < -0.39 is 25.4 Å². The smallest absolute Gasteiger partial charge is 0.434 e. The summed E-state index contributed by atoms with van der Waals surface area (Å²) in [5, 5.41) is 8.33. The minimum absolute atomic E-state index is 0.0290. The first kappa shape index (κ1) is 29.3. The van der Waals surface area contributed by atoms with Gasteiger partial charge in [-0.15, -0.1) is 10.2 Å². The van der Waals surface area contributed by atoms with E-state index in [1.807, 2.05) is 0 Å². The van der Waals surface area contributed by atoms with Crippen molar-refractivity contribution in [1.82, 2.24) is 19.7 Å². The lowest BCUT2D eigenvalue weighted by Gasteiger charge is -2.21. The third-order valence-corrected chi connectivity index (χ3v) is 7.38. The minimum Gasteiger partial charge on any atom is -0.492 e. The summed E-state index contributed by atoms with van der Waals surface area (Å²) in [5.41, 5.74) is -0.360. The van der Waals surface area contributed by atoms with Crippen molar-refractivity contribution in [3.05, 3.63) is 48.3 Å². The van der Waals surface area contributed by atoms with Crippen LogP contribution in [-0.4, -0.2) is 54.1 Å². The van der Waals surface area contributed by atoms with Crippen LogP contribution in [0.4, 0.5) is 13.2 Å². The minimum atomic E-state index is -4.60. The lowest BCUT2D eigenvalue weighted by atomic mass is 9.95. The molecule has 0 radical (unpaired) electrons. The quantitative estimate of drug-likeness (QED) is 0.166. The van der Waals surface area contributed by atoms with E-state index in [4.69, 9.17) is 14.2 Å². The third-order valence-electron chi connectivity index (χ3n) is 5.68. The maximum absolute atomic E-state index is 13.4. The van der Waals surface area contributed by atoms with Crippen molar-refractivity contribution in [3.8, 4) is 28.5 Å². The van der Waals surface area contributed by atoms with Gasteiger partial charge in [-0.3, -0.25) is 4.79 Å². The highest BCUT2D eigenvalue weighted by Gasteiger charge is 2.35. The van der Waals surface area contributed by atoms with Crippen molar-refractivity contribution < 1.29 is 32.2 Å². The highest BCUT2D eigenvalue weighted by Crippen LogP contribution is 2.31. The van der Waals surface area contributed by atoms with Crippen LogP contribution >= 0.6 is 0 Å². The Balaban J connectivity index is 1.74. The Morgan fingerprint density at radius 3 is 2.18 bits per heavy atom. The van der Waals surface area contributed by atoms with Crippen molar-refractivity contribution in [3.63, 3.8) is 0 Å². The second-order valence-electron chi connectivity index (χ2n) is 10.8. The molecule has 3 rings (SSSR count). The van der Waals surface area contributed by atoms with Gasteiger partial charge in [0.05, 0.1) is 18.2 Å². The normalized spacial score (nSPS) is 12.4. The molecule has 0 fully saturated rings. The summed E-state index contributed by atoms with van der Waals surface area (Å²) in [5.74, 6) is 0.220. The molecule has 0 N–H and O–H groups in total. The summed E-state index contributed by atoms with van der Waals surface area (Å²) < 4.78 is 57.5. The summed E-state index contributed by atoms with van der Waals surface area (Å²) in [6.07, 6.45) is -3.67. The fourth-order valence-corrected chi connectivity index (χ4v) is 4.08. The molecule has 0 amide bonds. The number of methoxy groups -OCH3 is 1. The van der Waals surface area contributed by atoms with E-state index in [0.29, 0.717) is 18.1 Å². The van der Waals surface area contributed by atoms with E-state index in [9.17, 15) is 18.0 Å². The van der Waals surface area contributed by atoms with Crippen molar-refractivity contribution in [2.24, 2.45) is 5.41 Å². The molecule has 2 heterocycles. The number of nitrogens with zero attached hydrogens (tertiary/aromatic N) is 4. The predicted octanol–water partition coefficient (Wildman–Crippen LogP) is 5.92. The Hall–Kier alpha value is -3.25. The molecule has 0 aliphatic rings. The number of aromatic nitrogens is 4. The zero-order valence-corrected chi connectivity index (χ0v) is 23.4. The molecule has 38 heavy (non-hydrogen) atoms. The predicted molar refractivity (Wildman–Crippen MR) is 139 cm³/mol. The highest BCUT2D eigenvalue weighted by atomic mass is 28.3. The molecule has 0 saturated heterocycles. The molecule has 1 aromatic carbocycles. The van der Waals surface area contributed by atoms with E-state index in [1.54, 1.807) is 50.2 Å². The molecule has 0 spiro atoms. The molecule has 12 heteroatoms. The topological polar surface area (TPSA) is 88.4 Å². The molecule has 2 aromatic heterocycles. The van der Waals surface area contributed by atoms with E-state index >= 15 is 0 Å². The molecule has 0 bridgehead atoms. The molecule has 0 atom stereocenters. The Bertz CT molecular complexity index is 1220. The van der Waals surface area contributed by atoms with Crippen LogP contribution in [0.15, 0.2) is 42.6 Å². The van der Waals surface area contributed by atoms with Gasteiger partial charge in [-0.2, -0.15) is 13.2 Å². The van der Waals surface area contributed by atoms with Gasteiger partial charge in [0.25, 0.3) is 0 Å². The molecular weight excluding hydrogens is 517 g/mol. The SMILES string of the molecule is COC(=O)C(C)(C)COc1ccc(-c2ccc(-c3nc(C(F)(F)F)cn3COCC[Si](C)(C)C)nn2)cc1. The van der Waals surface area contributed by atoms with Gasteiger partial charge in [0.1, 0.15) is 24.8 Å². The number of hydrogen-bond donors (Lipinski definition) is 0. The standard InChI is InChI=1S/C26H33F3N4O4Si/c1-25(2,24(34)35-3)16-37-19-9-7-18(8-10-19)20-11-12-21(32-31-20)23-30-22(26(27,28)29)15-33(23)17-36-13-14-38(4,5)6/h7-12,15H,13-14,16-17H2,1-6H3. The van der Waals surface area contributed by atoms with Gasteiger partial charge < -0.3 is 18.8 Å². The Morgan fingerprint density at radius 2 is 1.63 bits per heavy atom. The zero-order chi connectivity index (χ0) is 28.1. The lowest BCUT2D eigenvalue weighted by molar-refractivity contribution is -0.152. The van der Waals surface area contributed by atoms with E-state index in [-0.39, 0.29) is 30.8 Å². The molecule has 206 valence electrons. The second kappa shape index (κ2) is 11.6. The number of carbonyl (C=O) groups is 1. The molecule has 0 unspecified atom stereocenters. The maximum Gasteiger partial charge on any atom is 0.434 e. The maximum atomic E-state index is 13.4. The average Bonchev–Trinajstić information content (AvgIpc) is 3.30. The van der Waals surface area contributed by atoms with Crippen molar-refractivity contribution >= 4 is 14.0 Å². The van der Waals surface area contributed by atoms with Crippen molar-refractivity contribution in [1.29, 1.82) is 0 Å². The third kappa shape index (κ3) is 7.87. The van der Waals surface area contributed by atoms with Gasteiger partial charge in [0.2, 0.25) is 0 Å². The first-order valence-electron chi connectivity index (χ1n) is 12.1. The summed E-state index contributed by atoms with van der Waals surface area (Å²) >= 11 is 0. The zero-order valence-electron chi connectivity index (χ0n) is 22.4. The van der Waals surface area contributed by atoms with E-state index in [2.05, 4.69) is 34.8 Å². The van der Waals surface area contributed by atoms with Crippen LogP contribution in [0.25, 0.3) is 22.8 Å². The number of ether oxygens (including phenoxy) is 3. The van der Waals surface area contributed by atoms with Crippen LogP contribution in [-0.2, 0) is 27.2 Å². The van der Waals surface area contributed by atoms with Crippen LogP contribution in [0.5, 0.6) is 5.75 Å². The molecule has 0 aliphatic carbocycles. The number of rotatable bonds is 11. The van der Waals surface area contributed by atoms with Gasteiger partial charge in [0.15, 0.2) is 11.5 Å². The first-order valence-corrected chi connectivity index (χ1v) is 15.8. The summed E-state index contributed by atoms with van der Waals surface area (Å²) in [6.45, 7) is 10.6. The summed E-state index contributed by atoms with van der Waals surface area (Å²) in [6, 6.07) is 11.2. The number of alkyl halides is 3. The second-order valence-corrected chi connectivity index (χ2v) is 16.4. The van der Waals surface area contributed by atoms with Gasteiger partial charge in [0, 0.05) is 26.4 Å². The van der Waals surface area contributed by atoms with Crippen LogP contribution in [0.2, 0.25) is 25.7 Å². The van der Waals surface area contributed by atoms with Crippen LogP contribution < -0.4 is 4.74 Å². The van der Waals surface area contributed by atoms with Crippen molar-refractivity contribution in [2.45, 2.75) is 52.4 Å². The van der Waals surface area contributed by atoms with E-state index in [0.717, 1.165) is 17.8 Å². The van der Waals surface area contributed by atoms with Crippen LogP contribution in [0.1, 0.15) is 19.5 Å². The monoisotopic (exact) mass is 550 g/mol. The Kier molecular flexibility index (Phi) is 8.98. The molecule has 8 nitrogen and oxygen atoms in total. The van der Waals surface area contributed by atoms with Crippen molar-refractivity contribution in [2.75, 3.05) is 20.3 Å². The summed E-state index contributed by atoms with van der Waals surface area (Å²) in [4.78, 5) is 15.6. The lowest BCUT2D eigenvalue weighted by Crippen LogP contribution is -2.32. The van der Waals surface area contributed by atoms with Gasteiger partial charge in [-0.1, -0.05) is 19.6 Å². The van der Waals surface area contributed by atoms with Crippen LogP contribution in [0.3, 0.4) is 0 Å². The molecule has 0 saturated carbocycles. The largest absolute Gasteiger partial charge is 0.492 e. The summed E-state index contributed by atoms with van der Waals surface area (Å²) in [7, 11) is -0.00771. The molecular formula is C26H33F3N4O4Si. The highest BCUT2D eigenvalue weighted by molar-refractivity contribution is 6.76.